The largest absolute Gasteiger partial charge is 0.508 e. The molecule has 1 N–H and O–H groups in total. The van der Waals surface area contributed by atoms with E-state index < -0.39 is 5.63 Å². The summed E-state index contributed by atoms with van der Waals surface area (Å²) in [5.74, 6) is 0.359. The molecule has 0 amide bonds. The highest BCUT2D eigenvalue weighted by Crippen LogP contribution is 2.34. The average molecular weight is 344 g/mol. The quantitative estimate of drug-likeness (QED) is 0.588. The zero-order valence-corrected chi connectivity index (χ0v) is 15.1. The molecule has 5 nitrogen and oxygen atoms in total. The summed E-state index contributed by atoms with van der Waals surface area (Å²) in [6, 6.07) is 4.52. The number of ether oxygens (including phenoxy) is 2. The summed E-state index contributed by atoms with van der Waals surface area (Å²) in [5, 5.41) is 10.1. The van der Waals surface area contributed by atoms with Gasteiger partial charge in [-0.15, -0.1) is 0 Å². The fraction of sp³-hybridized carbons (Fsp3) is 0.350. The van der Waals surface area contributed by atoms with Gasteiger partial charge in [0.05, 0.1) is 12.5 Å². The molecule has 5 heteroatoms. The summed E-state index contributed by atoms with van der Waals surface area (Å²) in [5.41, 5.74) is 2.13. The van der Waals surface area contributed by atoms with Crippen LogP contribution in [0.3, 0.4) is 0 Å². The van der Waals surface area contributed by atoms with Crippen molar-refractivity contribution in [2.45, 2.75) is 33.6 Å². The summed E-state index contributed by atoms with van der Waals surface area (Å²) in [4.78, 5) is 12.0. The molecule has 134 valence electrons. The molecule has 0 radical (unpaired) electrons. The minimum absolute atomic E-state index is 0.0155. The van der Waals surface area contributed by atoms with Crippen LogP contribution < -0.4 is 15.1 Å². The average Bonchev–Trinajstić information content (AvgIpc) is 2.54. The Bertz CT molecular complexity index is 854. The van der Waals surface area contributed by atoms with Crippen LogP contribution in [-0.2, 0) is 0 Å². The zero-order valence-electron chi connectivity index (χ0n) is 15.1. The third-order valence-electron chi connectivity index (χ3n) is 3.76. The molecule has 0 atom stereocenters. The van der Waals surface area contributed by atoms with Crippen molar-refractivity contribution in [3.05, 3.63) is 51.9 Å². The normalized spacial score (nSPS) is 11.4. The predicted octanol–water partition coefficient (Wildman–Crippen LogP) is 4.58. The van der Waals surface area contributed by atoms with Gasteiger partial charge in [-0.2, -0.15) is 0 Å². The van der Waals surface area contributed by atoms with Gasteiger partial charge in [0.15, 0.2) is 5.75 Å². The maximum atomic E-state index is 12.0. The fourth-order valence-corrected chi connectivity index (χ4v) is 2.42. The molecule has 0 saturated carbocycles. The smallest absolute Gasteiger partial charge is 0.383 e. The molecule has 0 aliphatic heterocycles. The molecule has 1 heterocycles. The molecule has 0 unspecified atom stereocenters. The van der Waals surface area contributed by atoms with Gasteiger partial charge in [-0.3, -0.25) is 0 Å². The first-order valence-corrected chi connectivity index (χ1v) is 8.18. The standard InChI is InChI=1S/C20H24O5/c1-13(2)6-5-7-14(3)10-11-24-18-16-9-8-15(21)12-17(16)25-20(22)19(18)23-4/h6,8-10,12,21H,5,7,11H2,1-4H3. The summed E-state index contributed by atoms with van der Waals surface area (Å²) < 4.78 is 16.1. The molecule has 0 saturated heterocycles. The Labute approximate surface area is 147 Å². The summed E-state index contributed by atoms with van der Waals surface area (Å²) in [7, 11) is 1.39. The lowest BCUT2D eigenvalue weighted by molar-refractivity contribution is 0.315. The monoisotopic (exact) mass is 344 g/mol. The maximum absolute atomic E-state index is 12.0. The number of fused-ring (bicyclic) bond motifs is 1. The van der Waals surface area contributed by atoms with Gasteiger partial charge in [-0.05, 0) is 51.8 Å². The number of rotatable bonds is 7. The van der Waals surface area contributed by atoms with E-state index in [1.807, 2.05) is 6.08 Å². The first kappa shape index (κ1) is 18.6. The molecule has 0 bridgehead atoms. The first-order valence-electron chi connectivity index (χ1n) is 8.18. The summed E-state index contributed by atoms with van der Waals surface area (Å²) in [6.07, 6.45) is 6.13. The third-order valence-corrected chi connectivity index (χ3v) is 3.76. The molecule has 0 aliphatic rings. The van der Waals surface area contributed by atoms with Crippen LogP contribution in [0, 0.1) is 0 Å². The number of hydrogen-bond acceptors (Lipinski definition) is 5. The zero-order chi connectivity index (χ0) is 18.4. The van der Waals surface area contributed by atoms with Gasteiger partial charge < -0.3 is 19.0 Å². The van der Waals surface area contributed by atoms with E-state index in [4.69, 9.17) is 13.9 Å². The van der Waals surface area contributed by atoms with Crippen LogP contribution in [0.25, 0.3) is 11.0 Å². The highest BCUT2D eigenvalue weighted by Gasteiger charge is 2.17. The second kappa shape index (κ2) is 8.42. The molecular formula is C20H24O5. The van der Waals surface area contributed by atoms with E-state index >= 15 is 0 Å². The van der Waals surface area contributed by atoms with Crippen LogP contribution in [0.1, 0.15) is 33.6 Å². The maximum Gasteiger partial charge on any atom is 0.383 e. The Kier molecular flexibility index (Phi) is 6.28. The number of phenolic OH excluding ortho intramolecular Hbond substituents is 1. The molecular weight excluding hydrogens is 320 g/mol. The molecule has 1 aromatic heterocycles. The van der Waals surface area contributed by atoms with Crippen molar-refractivity contribution in [2.24, 2.45) is 0 Å². The topological polar surface area (TPSA) is 68.9 Å². The van der Waals surface area contributed by atoms with Crippen molar-refractivity contribution in [1.29, 1.82) is 0 Å². The van der Waals surface area contributed by atoms with Crippen LogP contribution >= 0.6 is 0 Å². The number of hydrogen-bond donors (Lipinski definition) is 1. The molecule has 0 fully saturated rings. The lowest BCUT2D eigenvalue weighted by Crippen LogP contribution is -2.08. The Morgan fingerprint density at radius 3 is 2.64 bits per heavy atom. The number of aromatic hydroxyl groups is 1. The Hall–Kier alpha value is -2.69. The van der Waals surface area contributed by atoms with Gasteiger partial charge in [-0.25, -0.2) is 4.79 Å². The van der Waals surface area contributed by atoms with Crippen molar-refractivity contribution >= 4 is 11.0 Å². The van der Waals surface area contributed by atoms with Crippen molar-refractivity contribution in [3.63, 3.8) is 0 Å². The number of allylic oxidation sites excluding steroid dienone is 3. The first-order chi connectivity index (χ1) is 11.9. The van der Waals surface area contributed by atoms with Gasteiger partial charge in [0.1, 0.15) is 17.9 Å². The third kappa shape index (κ3) is 4.89. The predicted molar refractivity (Wildman–Crippen MR) is 98.6 cm³/mol. The lowest BCUT2D eigenvalue weighted by Gasteiger charge is -2.11. The minimum atomic E-state index is -0.639. The van der Waals surface area contributed by atoms with E-state index in [1.54, 1.807) is 6.07 Å². The summed E-state index contributed by atoms with van der Waals surface area (Å²) >= 11 is 0. The lowest BCUT2D eigenvalue weighted by atomic mass is 10.1. The van der Waals surface area contributed by atoms with Crippen LogP contribution in [0.15, 0.2) is 50.7 Å². The van der Waals surface area contributed by atoms with Gasteiger partial charge >= 0.3 is 5.63 Å². The fourth-order valence-electron chi connectivity index (χ4n) is 2.42. The molecule has 1 aromatic carbocycles. The highest BCUT2D eigenvalue weighted by molar-refractivity contribution is 5.86. The van der Waals surface area contributed by atoms with Gasteiger partial charge in [-0.1, -0.05) is 17.2 Å². The van der Waals surface area contributed by atoms with Crippen LogP contribution in [0.4, 0.5) is 0 Å². The van der Waals surface area contributed by atoms with E-state index in [1.165, 1.54) is 30.4 Å². The van der Waals surface area contributed by atoms with Crippen molar-refractivity contribution in [2.75, 3.05) is 13.7 Å². The van der Waals surface area contributed by atoms with E-state index in [2.05, 4.69) is 26.8 Å². The Morgan fingerprint density at radius 1 is 1.20 bits per heavy atom. The molecule has 2 aromatic rings. The molecule has 0 aliphatic carbocycles. The number of phenols is 1. The van der Waals surface area contributed by atoms with E-state index in [9.17, 15) is 9.90 Å². The summed E-state index contributed by atoms with van der Waals surface area (Å²) in [6.45, 7) is 6.53. The number of benzene rings is 1. The van der Waals surface area contributed by atoms with Gasteiger partial charge in [0.2, 0.25) is 5.75 Å². The SMILES string of the molecule is COc1c(OCC=C(C)CCC=C(C)C)c2ccc(O)cc2oc1=O. The number of methoxy groups -OCH3 is 1. The second-order valence-electron chi connectivity index (χ2n) is 6.11. The van der Waals surface area contributed by atoms with Gasteiger partial charge in [0, 0.05) is 6.07 Å². The molecule has 0 spiro atoms. The van der Waals surface area contributed by atoms with Crippen LogP contribution in [0.2, 0.25) is 0 Å². The van der Waals surface area contributed by atoms with Gasteiger partial charge in [0.25, 0.3) is 0 Å². The van der Waals surface area contributed by atoms with Crippen molar-refractivity contribution in [3.8, 4) is 17.2 Å². The minimum Gasteiger partial charge on any atom is -0.508 e. The second-order valence-corrected chi connectivity index (χ2v) is 6.11. The Morgan fingerprint density at radius 2 is 1.96 bits per heavy atom. The van der Waals surface area contributed by atoms with E-state index in [0.29, 0.717) is 17.7 Å². The Balaban J connectivity index is 2.22. The molecule has 2 rings (SSSR count). The molecule has 25 heavy (non-hydrogen) atoms. The van der Waals surface area contributed by atoms with E-state index in [-0.39, 0.29) is 17.1 Å². The van der Waals surface area contributed by atoms with Crippen LogP contribution in [0.5, 0.6) is 17.2 Å². The highest BCUT2D eigenvalue weighted by atomic mass is 16.5. The van der Waals surface area contributed by atoms with Crippen molar-refractivity contribution < 1.29 is 19.0 Å². The van der Waals surface area contributed by atoms with E-state index in [0.717, 1.165) is 12.8 Å². The van der Waals surface area contributed by atoms with Crippen molar-refractivity contribution in [1.82, 2.24) is 0 Å². The van der Waals surface area contributed by atoms with Crippen LogP contribution in [-0.4, -0.2) is 18.8 Å².